The van der Waals surface area contributed by atoms with Crippen LogP contribution in [0.1, 0.15) is 27.9 Å². The maximum absolute atomic E-state index is 12.5. The fourth-order valence-electron chi connectivity index (χ4n) is 3.88. The van der Waals surface area contributed by atoms with Gasteiger partial charge < -0.3 is 4.74 Å². The number of sulfonamides is 1. The lowest BCUT2D eigenvalue weighted by molar-refractivity contribution is -0.141. The zero-order valence-electron chi connectivity index (χ0n) is 17.2. The van der Waals surface area contributed by atoms with Gasteiger partial charge in [-0.25, -0.2) is 8.42 Å². The van der Waals surface area contributed by atoms with Gasteiger partial charge in [0.15, 0.2) is 12.4 Å². The van der Waals surface area contributed by atoms with E-state index in [9.17, 15) is 18.0 Å². The molecule has 1 aliphatic heterocycles. The van der Waals surface area contributed by atoms with Crippen molar-refractivity contribution in [2.75, 3.05) is 23.7 Å². The first-order valence-electron chi connectivity index (χ1n) is 10.1. The van der Waals surface area contributed by atoms with Crippen molar-refractivity contribution in [3.8, 4) is 0 Å². The molecule has 0 atom stereocenters. The number of carbonyl (C=O) groups is 2. The summed E-state index contributed by atoms with van der Waals surface area (Å²) in [6.07, 6.45) is 2.66. The van der Waals surface area contributed by atoms with Gasteiger partial charge >= 0.3 is 5.97 Å². The number of esters is 1. The maximum atomic E-state index is 12.5. The number of rotatable bonds is 6. The largest absolute Gasteiger partial charge is 0.457 e. The third kappa shape index (κ3) is 4.77. The van der Waals surface area contributed by atoms with Crippen molar-refractivity contribution in [3.05, 3.63) is 77.4 Å². The number of ketones is 1. The third-order valence-corrected chi connectivity index (χ3v) is 6.58. The van der Waals surface area contributed by atoms with E-state index in [4.69, 9.17) is 4.74 Å². The summed E-state index contributed by atoms with van der Waals surface area (Å²) in [7, 11) is -3.36. The Morgan fingerprint density at radius 3 is 2.55 bits per heavy atom. The van der Waals surface area contributed by atoms with Crippen LogP contribution in [0.4, 0.5) is 5.69 Å². The van der Waals surface area contributed by atoms with Crippen LogP contribution >= 0.6 is 0 Å². The van der Waals surface area contributed by atoms with E-state index in [1.54, 1.807) is 18.2 Å². The number of fused-ring (bicyclic) bond motifs is 2. The lowest BCUT2D eigenvalue weighted by Crippen LogP contribution is -2.34. The van der Waals surface area contributed by atoms with Crippen LogP contribution in [0.3, 0.4) is 0 Å². The number of Topliss-reactive ketones (excluding diaryl/α,β-unsaturated/α-hetero) is 1. The van der Waals surface area contributed by atoms with Crippen LogP contribution < -0.4 is 4.31 Å². The molecule has 0 saturated carbocycles. The van der Waals surface area contributed by atoms with E-state index in [2.05, 4.69) is 0 Å². The van der Waals surface area contributed by atoms with Gasteiger partial charge in [-0.2, -0.15) is 0 Å². The average molecular weight is 438 g/mol. The first-order valence-corrected chi connectivity index (χ1v) is 11.9. The van der Waals surface area contributed by atoms with Gasteiger partial charge in [-0.3, -0.25) is 13.9 Å². The summed E-state index contributed by atoms with van der Waals surface area (Å²) in [6.45, 7) is 0.0898. The van der Waals surface area contributed by atoms with Gasteiger partial charge in [0.2, 0.25) is 10.0 Å². The first kappa shape index (κ1) is 21.1. The molecule has 0 fully saturated rings. The van der Waals surface area contributed by atoms with E-state index >= 15 is 0 Å². The van der Waals surface area contributed by atoms with Crippen LogP contribution in [0.2, 0.25) is 0 Å². The number of aryl methyl sites for hydroxylation is 1. The number of hydrogen-bond donors (Lipinski definition) is 0. The molecule has 0 bridgehead atoms. The smallest absolute Gasteiger partial charge is 0.310 e. The van der Waals surface area contributed by atoms with Gasteiger partial charge in [0, 0.05) is 12.1 Å². The number of benzene rings is 3. The number of ether oxygens (including phenoxy) is 1. The van der Waals surface area contributed by atoms with Crippen LogP contribution in [0, 0.1) is 0 Å². The van der Waals surface area contributed by atoms with Gasteiger partial charge in [0.05, 0.1) is 18.4 Å². The maximum Gasteiger partial charge on any atom is 0.310 e. The Morgan fingerprint density at radius 2 is 1.77 bits per heavy atom. The molecule has 0 unspecified atom stereocenters. The van der Waals surface area contributed by atoms with E-state index in [0.29, 0.717) is 30.6 Å². The third-order valence-electron chi connectivity index (χ3n) is 5.40. The zero-order chi connectivity index (χ0) is 22.0. The Labute approximate surface area is 181 Å². The Kier molecular flexibility index (Phi) is 5.78. The minimum absolute atomic E-state index is 0.0889. The second-order valence-electron chi connectivity index (χ2n) is 7.72. The highest BCUT2D eigenvalue weighted by Crippen LogP contribution is 2.30. The van der Waals surface area contributed by atoms with Crippen LogP contribution in [-0.2, 0) is 32.4 Å². The zero-order valence-corrected chi connectivity index (χ0v) is 18.0. The van der Waals surface area contributed by atoms with E-state index in [1.165, 1.54) is 10.6 Å². The van der Waals surface area contributed by atoms with Crippen molar-refractivity contribution in [1.82, 2.24) is 0 Å². The van der Waals surface area contributed by atoms with Crippen molar-refractivity contribution in [1.29, 1.82) is 0 Å². The molecule has 0 N–H and O–H groups in total. The van der Waals surface area contributed by atoms with Crippen LogP contribution in [0.5, 0.6) is 0 Å². The highest BCUT2D eigenvalue weighted by molar-refractivity contribution is 7.92. The lowest BCUT2D eigenvalue weighted by Gasteiger charge is -2.29. The summed E-state index contributed by atoms with van der Waals surface area (Å²) >= 11 is 0. The monoisotopic (exact) mass is 437 g/mol. The summed E-state index contributed by atoms with van der Waals surface area (Å²) in [5.41, 5.74) is 2.65. The topological polar surface area (TPSA) is 80.8 Å². The summed E-state index contributed by atoms with van der Waals surface area (Å²) in [5, 5.41) is 2.14. The normalized spacial score (nSPS) is 13.6. The predicted molar refractivity (Wildman–Crippen MR) is 120 cm³/mol. The fraction of sp³-hybridized carbons (Fsp3) is 0.250. The lowest BCUT2D eigenvalue weighted by atomic mass is 9.99. The number of hydrogen-bond acceptors (Lipinski definition) is 5. The fourth-order valence-corrected chi connectivity index (χ4v) is 4.87. The van der Waals surface area contributed by atoms with Gasteiger partial charge in [0.1, 0.15) is 0 Å². The van der Waals surface area contributed by atoms with Gasteiger partial charge in [0.25, 0.3) is 0 Å². The Morgan fingerprint density at radius 1 is 1.00 bits per heavy atom. The average Bonchev–Trinajstić information content (AvgIpc) is 2.76. The minimum atomic E-state index is -3.36. The van der Waals surface area contributed by atoms with Crippen molar-refractivity contribution < 1.29 is 22.7 Å². The first-order chi connectivity index (χ1) is 14.8. The molecule has 0 aromatic heterocycles. The molecule has 6 nitrogen and oxygen atoms in total. The number of carbonyl (C=O) groups excluding carboxylic acids is 2. The SMILES string of the molecule is CS(=O)(=O)N1CCCc2cc(C(=O)COC(=O)Cc3ccc4ccccc4c3)ccc21. The van der Waals surface area contributed by atoms with Crippen LogP contribution in [0.15, 0.2) is 60.7 Å². The minimum Gasteiger partial charge on any atom is -0.457 e. The summed E-state index contributed by atoms with van der Waals surface area (Å²) < 4.78 is 30.5. The highest BCUT2D eigenvalue weighted by Gasteiger charge is 2.24. The Balaban J connectivity index is 1.39. The van der Waals surface area contributed by atoms with E-state index in [1.807, 2.05) is 42.5 Å². The second kappa shape index (κ2) is 8.51. The molecule has 0 amide bonds. The molecule has 1 aliphatic rings. The molecule has 3 aromatic carbocycles. The van der Waals surface area contributed by atoms with Crippen LogP contribution in [-0.4, -0.2) is 39.6 Å². The van der Waals surface area contributed by atoms with Crippen molar-refractivity contribution in [3.63, 3.8) is 0 Å². The Hall–Kier alpha value is -3.19. The van der Waals surface area contributed by atoms with Gasteiger partial charge in [-0.15, -0.1) is 0 Å². The summed E-state index contributed by atoms with van der Waals surface area (Å²) in [4.78, 5) is 24.8. The molecular formula is C24H23NO5S. The molecule has 7 heteroatoms. The van der Waals surface area contributed by atoms with Crippen molar-refractivity contribution >= 4 is 38.2 Å². The molecule has 1 heterocycles. The number of nitrogens with zero attached hydrogens (tertiary/aromatic N) is 1. The van der Waals surface area contributed by atoms with E-state index in [0.717, 1.165) is 21.9 Å². The molecule has 160 valence electrons. The van der Waals surface area contributed by atoms with E-state index < -0.39 is 16.0 Å². The molecule has 0 saturated heterocycles. The predicted octanol–water partition coefficient (Wildman–Crippen LogP) is 3.52. The molecular weight excluding hydrogens is 414 g/mol. The number of anilines is 1. The molecule has 4 rings (SSSR count). The van der Waals surface area contributed by atoms with Gasteiger partial charge in [-0.1, -0.05) is 42.5 Å². The molecule has 31 heavy (non-hydrogen) atoms. The highest BCUT2D eigenvalue weighted by atomic mass is 32.2. The molecule has 0 aliphatic carbocycles. The van der Waals surface area contributed by atoms with Crippen molar-refractivity contribution in [2.45, 2.75) is 19.3 Å². The molecule has 0 radical (unpaired) electrons. The van der Waals surface area contributed by atoms with Crippen LogP contribution in [0.25, 0.3) is 10.8 Å². The summed E-state index contributed by atoms with van der Waals surface area (Å²) in [6, 6.07) is 18.6. The Bertz CT molecular complexity index is 1270. The van der Waals surface area contributed by atoms with Crippen molar-refractivity contribution in [2.24, 2.45) is 0 Å². The molecule has 3 aromatic rings. The van der Waals surface area contributed by atoms with Gasteiger partial charge in [-0.05, 0) is 52.9 Å². The standard InChI is InChI=1S/C24H23NO5S/c1-31(28,29)25-12-4-7-20-15-21(10-11-22(20)25)23(26)16-30-24(27)14-17-8-9-18-5-2-3-6-19(18)13-17/h2-3,5-6,8-11,13,15H,4,7,12,14,16H2,1H3. The second-order valence-corrected chi connectivity index (χ2v) is 9.63. The summed E-state index contributed by atoms with van der Waals surface area (Å²) in [5.74, 6) is -0.781. The van der Waals surface area contributed by atoms with E-state index in [-0.39, 0.29) is 18.8 Å². The quantitative estimate of drug-likeness (QED) is 0.435. The molecule has 0 spiro atoms.